The van der Waals surface area contributed by atoms with Crippen LogP contribution in [-0.2, 0) is 26.5 Å². The van der Waals surface area contributed by atoms with Gasteiger partial charge in [0.2, 0.25) is 5.71 Å². The van der Waals surface area contributed by atoms with E-state index >= 15 is 0 Å². The molecule has 0 amide bonds. The van der Waals surface area contributed by atoms with E-state index in [4.69, 9.17) is 24.4 Å². The van der Waals surface area contributed by atoms with Gasteiger partial charge in [0.05, 0.1) is 28.0 Å². The van der Waals surface area contributed by atoms with Gasteiger partial charge >= 0.3 is 126 Å². The molecule has 67 heavy (non-hydrogen) atoms. The largest absolute Gasteiger partial charge is 0.486 e. The quantitative estimate of drug-likeness (QED) is 0.106. The van der Waals surface area contributed by atoms with Gasteiger partial charge in [0.25, 0.3) is 0 Å². The summed E-state index contributed by atoms with van der Waals surface area (Å²) in [6, 6.07) is 45.1. The molecule has 10 rings (SSSR count). The van der Waals surface area contributed by atoms with Gasteiger partial charge in [-0.15, -0.1) is 18.2 Å². The predicted molar refractivity (Wildman–Crippen MR) is 280 cm³/mol. The van der Waals surface area contributed by atoms with Crippen LogP contribution in [0.5, 0.6) is 0 Å². The topological polar surface area (TPSA) is 69.6 Å². The SMILES string of the molecule is CC(C)Cc1cc(-c2[c-]cccc2)nc[c]1[Ge]([CH3])([CH3])[CH3].Cc1ccc2c(ccc3nc(-c4[c-]ccc5c4oc4nc(C(C)C)ccc45)n(-c4c(C(C)C)cc5ccccc5c4C(C)C)c32)n1.[Ir]. The third kappa shape index (κ3) is 9.27. The van der Waals surface area contributed by atoms with Crippen LogP contribution in [0.25, 0.3) is 83.1 Å². The molecular weight excluding hydrogens is 1060 g/mol. The molecule has 5 aromatic carbocycles. The van der Waals surface area contributed by atoms with Crippen LogP contribution >= 0.6 is 0 Å². The number of pyridine rings is 3. The summed E-state index contributed by atoms with van der Waals surface area (Å²) in [6.45, 7) is 20.1. The minimum atomic E-state index is -1.86. The molecule has 1 radical (unpaired) electrons. The molecule has 0 saturated carbocycles. The van der Waals surface area contributed by atoms with E-state index in [-0.39, 0.29) is 31.9 Å². The molecule has 0 N–H and O–H groups in total. The molecule has 0 aliphatic heterocycles. The summed E-state index contributed by atoms with van der Waals surface area (Å²) in [6.07, 6.45) is 3.27. The summed E-state index contributed by atoms with van der Waals surface area (Å²) in [5.74, 6) is 9.62. The first-order valence-electron chi connectivity index (χ1n) is 23.6. The van der Waals surface area contributed by atoms with Crippen molar-refractivity contribution >= 4 is 72.4 Å². The van der Waals surface area contributed by atoms with Gasteiger partial charge in [0.15, 0.2) is 0 Å². The Morgan fingerprint density at radius 1 is 0.672 bits per heavy atom. The summed E-state index contributed by atoms with van der Waals surface area (Å²) in [4.78, 5) is 19.9. The number of hydrogen-bond acceptors (Lipinski definition) is 5. The molecule has 8 heteroatoms. The summed E-state index contributed by atoms with van der Waals surface area (Å²) < 4.78 is 10.6. The maximum atomic E-state index is 6.64. The van der Waals surface area contributed by atoms with Crippen LogP contribution in [0.15, 0.2) is 120 Å². The second-order valence-corrected chi connectivity index (χ2v) is 30.8. The summed E-state index contributed by atoms with van der Waals surface area (Å²) >= 11 is -1.86. The molecule has 0 spiro atoms. The zero-order chi connectivity index (χ0) is 46.6. The van der Waals surface area contributed by atoms with Crippen molar-refractivity contribution in [1.29, 1.82) is 0 Å². The standard InChI is InChI=1S/C41H37N4O.C18H24GeN.Ir/c1-22(2)32-21-26-11-8-9-12-27(26)36(24(5)6)38(32)45-37-30-16-15-25(7)42-34(30)19-20-35(37)43-40(45)31-14-10-13-28-29-17-18-33(23(3)4)44-41(29)46-39(28)31;1-14(2)11-16-12-18(15-9-7-6-8-10-15)20-13-17(16)19(3,4)5;/h8-13,15-24H,1-7H3;6-9,12-14H,11H2,1-5H3;/q2*-1;. The Labute approximate surface area is 412 Å². The summed E-state index contributed by atoms with van der Waals surface area (Å²) in [5.41, 5.74) is 14.5. The first kappa shape index (κ1) is 48.0. The number of rotatable bonds is 9. The molecular formula is C59H61GeIrN5O-2. The fraction of sp³-hybridized carbons (Fsp3) is 0.288. The van der Waals surface area contributed by atoms with Gasteiger partial charge in [-0.2, -0.15) is 0 Å². The zero-order valence-corrected chi connectivity index (χ0v) is 45.5. The van der Waals surface area contributed by atoms with Crippen molar-refractivity contribution in [3.8, 4) is 28.3 Å². The van der Waals surface area contributed by atoms with Crippen molar-refractivity contribution in [2.75, 3.05) is 0 Å². The number of furan rings is 1. The summed E-state index contributed by atoms with van der Waals surface area (Å²) in [5, 5.41) is 5.59. The number of aromatic nitrogens is 5. The molecule has 5 heterocycles. The second kappa shape index (κ2) is 19.3. The van der Waals surface area contributed by atoms with Crippen LogP contribution in [0.4, 0.5) is 0 Å². The maximum absolute atomic E-state index is 6.64. The normalized spacial score (nSPS) is 12.1. The first-order valence-corrected chi connectivity index (χ1v) is 31.0. The first-order chi connectivity index (χ1) is 31.6. The van der Waals surface area contributed by atoms with Crippen molar-refractivity contribution in [1.82, 2.24) is 24.5 Å². The Balaban J connectivity index is 0.000000244. The molecule has 10 aromatic rings. The molecule has 0 atom stereocenters. The number of benzene rings is 5. The van der Waals surface area contributed by atoms with Gasteiger partial charge in [-0.1, -0.05) is 76.8 Å². The van der Waals surface area contributed by atoms with Gasteiger partial charge in [-0.3, -0.25) is 9.97 Å². The number of fused-ring (bicyclic) bond motifs is 7. The number of aryl methyl sites for hydroxylation is 1. The molecule has 343 valence electrons. The Morgan fingerprint density at radius 3 is 2.12 bits per heavy atom. The molecule has 0 bridgehead atoms. The number of hydrogen-bond donors (Lipinski definition) is 0. The van der Waals surface area contributed by atoms with E-state index in [2.05, 4.69) is 180 Å². The van der Waals surface area contributed by atoms with Gasteiger partial charge in [-0.25, -0.2) is 4.98 Å². The van der Waals surface area contributed by atoms with Crippen LogP contribution in [0.1, 0.15) is 101 Å². The minimum Gasteiger partial charge on any atom is -0.486 e. The van der Waals surface area contributed by atoms with Gasteiger partial charge < -0.3 is 8.98 Å². The van der Waals surface area contributed by atoms with Crippen LogP contribution in [0, 0.1) is 25.0 Å². The Kier molecular flexibility index (Phi) is 13.8. The predicted octanol–water partition coefficient (Wildman–Crippen LogP) is 15.5. The smallest absolute Gasteiger partial charge is 0.216 e. The Morgan fingerprint density at radius 2 is 1.42 bits per heavy atom. The third-order valence-corrected chi connectivity index (χ3v) is 17.0. The molecule has 6 nitrogen and oxygen atoms in total. The second-order valence-electron chi connectivity index (χ2n) is 20.3. The number of imidazole rings is 1. The van der Waals surface area contributed by atoms with Crippen LogP contribution < -0.4 is 4.40 Å². The van der Waals surface area contributed by atoms with E-state index in [1.54, 1.807) is 4.40 Å². The van der Waals surface area contributed by atoms with Crippen molar-refractivity contribution < 1.29 is 24.5 Å². The monoisotopic (exact) mass is 1120 g/mol. The van der Waals surface area contributed by atoms with E-state index in [9.17, 15) is 0 Å². The van der Waals surface area contributed by atoms with E-state index in [1.165, 1.54) is 33.2 Å². The van der Waals surface area contributed by atoms with Crippen LogP contribution in [0.2, 0.25) is 17.3 Å². The molecule has 0 fully saturated rings. The summed E-state index contributed by atoms with van der Waals surface area (Å²) in [7, 11) is 0. The van der Waals surface area contributed by atoms with Gasteiger partial charge in [-0.05, 0) is 89.0 Å². The van der Waals surface area contributed by atoms with Crippen molar-refractivity contribution in [3.63, 3.8) is 0 Å². The van der Waals surface area contributed by atoms with Crippen LogP contribution in [-0.4, -0.2) is 37.8 Å². The average Bonchev–Trinajstić information content (AvgIpc) is 3.86. The minimum absolute atomic E-state index is 0. The van der Waals surface area contributed by atoms with Crippen molar-refractivity contribution in [2.24, 2.45) is 5.92 Å². The zero-order valence-electron chi connectivity index (χ0n) is 41.0. The average molecular weight is 1120 g/mol. The molecule has 0 saturated heterocycles. The van der Waals surface area contributed by atoms with Crippen LogP contribution in [0.3, 0.4) is 0 Å². The fourth-order valence-corrected chi connectivity index (χ4v) is 12.9. The van der Waals surface area contributed by atoms with Gasteiger partial charge in [0, 0.05) is 48.0 Å². The number of nitrogens with zero attached hydrogens (tertiary/aromatic N) is 5. The molecule has 0 unspecified atom stereocenters. The molecule has 0 aliphatic rings. The van der Waals surface area contributed by atoms with E-state index in [1.807, 2.05) is 31.2 Å². The maximum Gasteiger partial charge on any atom is 0.216 e. The third-order valence-electron chi connectivity index (χ3n) is 12.7. The van der Waals surface area contributed by atoms with Crippen molar-refractivity contribution in [3.05, 3.63) is 156 Å². The van der Waals surface area contributed by atoms with E-state index in [0.717, 1.165) is 78.7 Å². The van der Waals surface area contributed by atoms with Gasteiger partial charge in [0.1, 0.15) is 0 Å². The van der Waals surface area contributed by atoms with Crippen molar-refractivity contribution in [2.45, 2.75) is 104 Å². The molecule has 5 aromatic heterocycles. The Bertz CT molecular complexity index is 3410. The van der Waals surface area contributed by atoms with E-state index < -0.39 is 13.3 Å². The van der Waals surface area contributed by atoms with E-state index in [0.29, 0.717) is 17.5 Å². The molecule has 0 aliphatic carbocycles. The fourth-order valence-electron chi connectivity index (χ4n) is 9.53. The Hall–Kier alpha value is -5.47.